The van der Waals surface area contributed by atoms with Crippen molar-refractivity contribution in [1.82, 2.24) is 0 Å². The van der Waals surface area contributed by atoms with Crippen LogP contribution in [0.25, 0.3) is 0 Å². The van der Waals surface area contributed by atoms with Gasteiger partial charge in [-0.25, -0.2) is 4.39 Å². The summed E-state index contributed by atoms with van der Waals surface area (Å²) in [6.45, 7) is 1.07. The maximum absolute atomic E-state index is 13.1. The fourth-order valence-corrected chi connectivity index (χ4v) is 2.16. The minimum atomic E-state index is -0.571. The zero-order chi connectivity index (χ0) is 18.4. The molecule has 2 rings (SSSR count). The zero-order valence-corrected chi connectivity index (χ0v) is 14.3. The van der Waals surface area contributed by atoms with Crippen molar-refractivity contribution < 1.29 is 23.5 Å². The molecule has 0 aromatic heterocycles. The first kappa shape index (κ1) is 18.5. The number of carbonyl (C=O) groups is 2. The van der Waals surface area contributed by atoms with Crippen molar-refractivity contribution in [3.8, 4) is 11.5 Å². The molecule has 0 aliphatic carbocycles. The van der Waals surface area contributed by atoms with E-state index in [1.807, 2.05) is 0 Å². The summed E-state index contributed by atoms with van der Waals surface area (Å²) >= 11 is 5.65. The van der Waals surface area contributed by atoms with E-state index >= 15 is 0 Å². The van der Waals surface area contributed by atoms with Crippen molar-refractivity contribution in [1.29, 1.82) is 0 Å². The zero-order valence-electron chi connectivity index (χ0n) is 13.6. The predicted molar refractivity (Wildman–Crippen MR) is 92.8 cm³/mol. The number of rotatable bonds is 6. The van der Waals surface area contributed by atoms with Gasteiger partial charge in [0.05, 0.1) is 17.8 Å². The van der Waals surface area contributed by atoms with Crippen molar-refractivity contribution >= 4 is 34.8 Å². The Kier molecular flexibility index (Phi) is 6.19. The minimum absolute atomic E-state index is 0.0948. The highest BCUT2D eigenvalue weighted by Crippen LogP contribution is 2.28. The molecule has 2 amide bonds. The van der Waals surface area contributed by atoms with Crippen molar-refractivity contribution in [3.05, 3.63) is 47.2 Å². The highest BCUT2D eigenvalue weighted by Gasteiger charge is 2.11. The van der Waals surface area contributed by atoms with Crippen LogP contribution in [0.1, 0.15) is 6.92 Å². The third-order valence-corrected chi connectivity index (χ3v) is 3.34. The monoisotopic (exact) mass is 366 g/mol. The van der Waals surface area contributed by atoms with Crippen molar-refractivity contribution in [3.63, 3.8) is 0 Å². The van der Waals surface area contributed by atoms with E-state index in [0.29, 0.717) is 17.1 Å². The number of halogens is 2. The number of benzene rings is 2. The molecule has 0 aliphatic rings. The van der Waals surface area contributed by atoms with Gasteiger partial charge in [-0.15, -0.1) is 0 Å². The second kappa shape index (κ2) is 8.34. The number of hydrogen-bond donors (Lipinski definition) is 2. The van der Waals surface area contributed by atoms with Crippen LogP contribution in [0.15, 0.2) is 36.4 Å². The molecule has 0 atom stereocenters. The molecule has 25 heavy (non-hydrogen) atoms. The lowest BCUT2D eigenvalue weighted by Gasteiger charge is -2.13. The molecule has 0 bridgehead atoms. The van der Waals surface area contributed by atoms with E-state index in [1.54, 1.807) is 18.2 Å². The van der Waals surface area contributed by atoms with E-state index in [9.17, 15) is 14.0 Å². The molecule has 0 spiro atoms. The Hall–Kier alpha value is -2.80. The summed E-state index contributed by atoms with van der Waals surface area (Å²) in [7, 11) is 1.46. The standard InChI is InChI=1S/C17H16ClFN2O4/c1-10(22)20-11-3-6-16(24-2)15(7-11)21-17(23)9-25-12-4-5-14(19)13(18)8-12/h3-8H,9H2,1-2H3,(H,20,22)(H,21,23). The van der Waals surface area contributed by atoms with E-state index in [2.05, 4.69) is 10.6 Å². The number of hydrogen-bond acceptors (Lipinski definition) is 4. The first-order chi connectivity index (χ1) is 11.9. The van der Waals surface area contributed by atoms with Gasteiger partial charge in [0.2, 0.25) is 5.91 Å². The van der Waals surface area contributed by atoms with E-state index in [-0.39, 0.29) is 23.3 Å². The van der Waals surface area contributed by atoms with Gasteiger partial charge in [-0.1, -0.05) is 11.6 Å². The quantitative estimate of drug-likeness (QED) is 0.820. The molecule has 2 N–H and O–H groups in total. The van der Waals surface area contributed by atoms with Crippen LogP contribution in [-0.2, 0) is 9.59 Å². The second-order valence-corrected chi connectivity index (χ2v) is 5.42. The summed E-state index contributed by atoms with van der Waals surface area (Å²) in [5.41, 5.74) is 0.884. The molecule has 0 heterocycles. The summed E-state index contributed by atoms with van der Waals surface area (Å²) in [6.07, 6.45) is 0. The Morgan fingerprint density at radius 2 is 1.92 bits per heavy atom. The summed E-state index contributed by atoms with van der Waals surface area (Å²) in [5, 5.41) is 5.14. The lowest BCUT2D eigenvalue weighted by molar-refractivity contribution is -0.118. The van der Waals surface area contributed by atoms with Gasteiger partial charge in [-0.3, -0.25) is 9.59 Å². The Bertz CT molecular complexity index is 798. The van der Waals surface area contributed by atoms with Crippen molar-refractivity contribution in [2.75, 3.05) is 24.4 Å². The molecule has 6 nitrogen and oxygen atoms in total. The van der Waals surface area contributed by atoms with E-state index in [1.165, 1.54) is 26.2 Å². The van der Waals surface area contributed by atoms with Crippen molar-refractivity contribution in [2.24, 2.45) is 0 Å². The molecule has 0 radical (unpaired) electrons. The molecule has 132 valence electrons. The largest absolute Gasteiger partial charge is 0.495 e. The van der Waals surface area contributed by atoms with Gasteiger partial charge < -0.3 is 20.1 Å². The second-order valence-electron chi connectivity index (χ2n) is 5.01. The van der Waals surface area contributed by atoms with Crippen LogP contribution in [0.2, 0.25) is 5.02 Å². The topological polar surface area (TPSA) is 76.7 Å². The van der Waals surface area contributed by atoms with Gasteiger partial charge in [-0.2, -0.15) is 0 Å². The fraction of sp³-hybridized carbons (Fsp3) is 0.176. The molecule has 0 fully saturated rings. The first-order valence-electron chi connectivity index (χ1n) is 7.22. The highest BCUT2D eigenvalue weighted by molar-refractivity contribution is 6.30. The number of methoxy groups -OCH3 is 1. The van der Waals surface area contributed by atoms with Gasteiger partial charge in [0.15, 0.2) is 6.61 Å². The molecule has 0 saturated carbocycles. The number of anilines is 2. The maximum atomic E-state index is 13.1. The summed E-state index contributed by atoms with van der Waals surface area (Å²) in [6, 6.07) is 8.62. The van der Waals surface area contributed by atoms with Gasteiger partial charge in [-0.05, 0) is 30.3 Å². The van der Waals surface area contributed by atoms with Crippen LogP contribution in [0.3, 0.4) is 0 Å². The lowest BCUT2D eigenvalue weighted by atomic mass is 10.2. The van der Waals surface area contributed by atoms with Gasteiger partial charge in [0.25, 0.3) is 5.91 Å². The number of nitrogens with one attached hydrogen (secondary N) is 2. The van der Waals surface area contributed by atoms with Crippen LogP contribution in [0.4, 0.5) is 15.8 Å². The van der Waals surface area contributed by atoms with Crippen molar-refractivity contribution in [2.45, 2.75) is 6.92 Å². The van der Waals surface area contributed by atoms with Crippen LogP contribution >= 0.6 is 11.6 Å². The number of ether oxygens (including phenoxy) is 2. The van der Waals surface area contributed by atoms with Gasteiger partial charge >= 0.3 is 0 Å². The number of amides is 2. The third kappa shape index (κ3) is 5.36. The first-order valence-corrected chi connectivity index (χ1v) is 7.60. The van der Waals surface area contributed by atoms with E-state index in [4.69, 9.17) is 21.1 Å². The molecule has 2 aromatic carbocycles. The smallest absolute Gasteiger partial charge is 0.262 e. The Morgan fingerprint density at radius 1 is 1.16 bits per heavy atom. The average Bonchev–Trinajstić information content (AvgIpc) is 2.56. The summed E-state index contributed by atoms with van der Waals surface area (Å²) < 4.78 is 23.5. The van der Waals surface area contributed by atoms with Gasteiger partial charge in [0, 0.05) is 18.7 Å². The van der Waals surface area contributed by atoms with Crippen LogP contribution in [-0.4, -0.2) is 25.5 Å². The predicted octanol–water partition coefficient (Wildman–Crippen LogP) is 3.46. The summed E-state index contributed by atoms with van der Waals surface area (Å²) in [4.78, 5) is 23.2. The van der Waals surface area contributed by atoms with E-state index in [0.717, 1.165) is 6.07 Å². The SMILES string of the molecule is COc1ccc(NC(C)=O)cc1NC(=O)COc1ccc(F)c(Cl)c1. The minimum Gasteiger partial charge on any atom is -0.495 e. The third-order valence-electron chi connectivity index (χ3n) is 3.05. The molecule has 0 saturated heterocycles. The van der Waals surface area contributed by atoms with Crippen LogP contribution in [0, 0.1) is 5.82 Å². The summed E-state index contributed by atoms with van der Waals surface area (Å²) in [5.74, 6) is -0.580. The van der Waals surface area contributed by atoms with E-state index < -0.39 is 11.7 Å². The fourth-order valence-electron chi connectivity index (χ4n) is 1.99. The normalized spacial score (nSPS) is 10.1. The highest BCUT2D eigenvalue weighted by atomic mass is 35.5. The van der Waals surface area contributed by atoms with Crippen LogP contribution in [0.5, 0.6) is 11.5 Å². The Morgan fingerprint density at radius 3 is 2.56 bits per heavy atom. The molecule has 0 aliphatic heterocycles. The maximum Gasteiger partial charge on any atom is 0.262 e. The van der Waals surface area contributed by atoms with Gasteiger partial charge in [0.1, 0.15) is 17.3 Å². The molecular weight excluding hydrogens is 351 g/mol. The Balaban J connectivity index is 2.03. The average molecular weight is 367 g/mol. The lowest BCUT2D eigenvalue weighted by Crippen LogP contribution is -2.20. The Labute approximate surface area is 148 Å². The molecule has 8 heteroatoms. The number of carbonyl (C=O) groups excluding carboxylic acids is 2. The molecular formula is C17H16ClFN2O4. The van der Waals surface area contributed by atoms with Crippen LogP contribution < -0.4 is 20.1 Å². The molecule has 2 aromatic rings. The molecule has 0 unspecified atom stereocenters.